The van der Waals surface area contributed by atoms with E-state index in [1.165, 1.54) is 0 Å². The number of nitrogens with one attached hydrogen (secondary N) is 2. The average molecular weight is 302 g/mol. The first-order valence-corrected chi connectivity index (χ1v) is 6.85. The summed E-state index contributed by atoms with van der Waals surface area (Å²) in [6, 6.07) is 8.91. The van der Waals surface area contributed by atoms with E-state index in [-0.39, 0.29) is 6.54 Å². The van der Waals surface area contributed by atoms with Crippen molar-refractivity contribution in [1.82, 2.24) is 15.3 Å². The number of carboxylic acids is 1. The van der Waals surface area contributed by atoms with Crippen molar-refractivity contribution in [3.8, 4) is 0 Å². The van der Waals surface area contributed by atoms with Crippen LogP contribution in [0.1, 0.15) is 11.1 Å². The lowest BCUT2D eigenvalue weighted by molar-refractivity contribution is -0.140. The Morgan fingerprint density at radius 1 is 1.09 bits per heavy atom. The van der Waals surface area contributed by atoms with E-state index in [4.69, 9.17) is 10.2 Å². The van der Waals surface area contributed by atoms with Crippen LogP contribution in [-0.4, -0.2) is 38.8 Å². The lowest BCUT2D eigenvalue weighted by Gasteiger charge is -2.11. The van der Waals surface area contributed by atoms with Crippen molar-refractivity contribution in [3.05, 3.63) is 53.9 Å². The number of hydrogen-bond donors (Lipinski definition) is 4. The SMILES string of the molecule is O=C(O)C(CO)NCc1cnc(NCc2ccccc2)nc1. The van der Waals surface area contributed by atoms with Gasteiger partial charge in [-0.3, -0.25) is 10.1 Å². The number of carboxylic acid groups (broad SMARTS) is 1. The van der Waals surface area contributed by atoms with Crippen molar-refractivity contribution in [2.45, 2.75) is 19.1 Å². The van der Waals surface area contributed by atoms with Gasteiger partial charge in [0.05, 0.1) is 6.61 Å². The molecule has 1 unspecified atom stereocenters. The van der Waals surface area contributed by atoms with E-state index in [1.54, 1.807) is 12.4 Å². The van der Waals surface area contributed by atoms with E-state index in [0.717, 1.165) is 11.1 Å². The lowest BCUT2D eigenvalue weighted by atomic mass is 10.2. The van der Waals surface area contributed by atoms with Crippen molar-refractivity contribution < 1.29 is 15.0 Å². The van der Waals surface area contributed by atoms with Gasteiger partial charge in [-0.25, -0.2) is 9.97 Å². The quantitative estimate of drug-likeness (QED) is 0.566. The normalized spacial score (nSPS) is 11.9. The topological polar surface area (TPSA) is 107 Å². The lowest BCUT2D eigenvalue weighted by Crippen LogP contribution is -2.39. The second kappa shape index (κ2) is 8.06. The maximum Gasteiger partial charge on any atom is 0.323 e. The van der Waals surface area contributed by atoms with Gasteiger partial charge in [0.1, 0.15) is 6.04 Å². The number of aliphatic hydroxyl groups is 1. The number of rotatable bonds is 8. The highest BCUT2D eigenvalue weighted by Crippen LogP contribution is 2.04. The van der Waals surface area contributed by atoms with Gasteiger partial charge < -0.3 is 15.5 Å². The summed E-state index contributed by atoms with van der Waals surface area (Å²) < 4.78 is 0. The molecule has 0 aliphatic heterocycles. The average Bonchev–Trinajstić information content (AvgIpc) is 2.55. The Morgan fingerprint density at radius 3 is 2.36 bits per heavy atom. The van der Waals surface area contributed by atoms with Gasteiger partial charge in [0.15, 0.2) is 0 Å². The molecule has 0 fully saturated rings. The highest BCUT2D eigenvalue weighted by atomic mass is 16.4. The smallest absolute Gasteiger partial charge is 0.323 e. The molecule has 7 nitrogen and oxygen atoms in total. The summed E-state index contributed by atoms with van der Waals surface area (Å²) in [5.74, 6) is -0.589. The van der Waals surface area contributed by atoms with Crippen LogP contribution in [0.15, 0.2) is 42.7 Å². The number of aliphatic carboxylic acids is 1. The van der Waals surface area contributed by atoms with E-state index in [9.17, 15) is 4.79 Å². The molecule has 2 rings (SSSR count). The molecule has 1 atom stereocenters. The van der Waals surface area contributed by atoms with Crippen LogP contribution >= 0.6 is 0 Å². The molecular formula is C15H18N4O3. The van der Waals surface area contributed by atoms with Crippen molar-refractivity contribution in [2.24, 2.45) is 0 Å². The predicted molar refractivity (Wildman–Crippen MR) is 81.2 cm³/mol. The third-order valence-electron chi connectivity index (χ3n) is 3.03. The molecule has 2 aromatic rings. The predicted octanol–water partition coefficient (Wildman–Crippen LogP) is 0.624. The minimum Gasteiger partial charge on any atom is -0.480 e. The zero-order chi connectivity index (χ0) is 15.8. The van der Waals surface area contributed by atoms with Gasteiger partial charge in [0, 0.05) is 31.0 Å². The summed E-state index contributed by atoms with van der Waals surface area (Å²) in [4.78, 5) is 19.1. The number of aliphatic hydroxyl groups excluding tert-OH is 1. The Bertz CT molecular complexity index is 589. The van der Waals surface area contributed by atoms with E-state index < -0.39 is 18.6 Å². The highest BCUT2D eigenvalue weighted by Gasteiger charge is 2.14. The Balaban J connectivity index is 1.83. The fourth-order valence-electron chi connectivity index (χ4n) is 1.79. The van der Waals surface area contributed by atoms with E-state index in [0.29, 0.717) is 12.5 Å². The van der Waals surface area contributed by atoms with Gasteiger partial charge in [-0.05, 0) is 5.56 Å². The molecule has 0 spiro atoms. The molecule has 0 aliphatic rings. The minimum atomic E-state index is -1.09. The minimum absolute atomic E-state index is 0.274. The van der Waals surface area contributed by atoms with Crippen molar-refractivity contribution in [3.63, 3.8) is 0 Å². The molecule has 0 saturated heterocycles. The molecule has 22 heavy (non-hydrogen) atoms. The maximum atomic E-state index is 10.8. The Hall–Kier alpha value is -2.51. The second-order valence-corrected chi connectivity index (χ2v) is 4.71. The van der Waals surface area contributed by atoms with Gasteiger partial charge in [0.25, 0.3) is 0 Å². The first kappa shape index (κ1) is 15.9. The molecule has 1 aromatic carbocycles. The van der Waals surface area contributed by atoms with Crippen LogP contribution in [0.5, 0.6) is 0 Å². The standard InChI is InChI=1S/C15H18N4O3/c20-10-13(14(21)22)16-7-12-8-18-15(19-9-12)17-6-11-4-2-1-3-5-11/h1-5,8-9,13,16,20H,6-7,10H2,(H,21,22)(H,17,18,19). The maximum absolute atomic E-state index is 10.8. The van der Waals surface area contributed by atoms with E-state index in [1.807, 2.05) is 30.3 Å². The summed E-state index contributed by atoms with van der Waals surface area (Å²) in [5, 5.41) is 23.5. The van der Waals surface area contributed by atoms with Crippen LogP contribution in [0.25, 0.3) is 0 Å². The first-order valence-electron chi connectivity index (χ1n) is 6.85. The van der Waals surface area contributed by atoms with Crippen LogP contribution in [0.4, 0.5) is 5.95 Å². The molecule has 7 heteroatoms. The molecule has 0 saturated carbocycles. The van der Waals surface area contributed by atoms with Crippen LogP contribution in [0.2, 0.25) is 0 Å². The van der Waals surface area contributed by atoms with Gasteiger partial charge in [-0.2, -0.15) is 0 Å². The largest absolute Gasteiger partial charge is 0.480 e. The van der Waals surface area contributed by atoms with Gasteiger partial charge in [-0.1, -0.05) is 30.3 Å². The number of hydrogen-bond acceptors (Lipinski definition) is 6. The van der Waals surface area contributed by atoms with Crippen molar-refractivity contribution in [2.75, 3.05) is 11.9 Å². The molecule has 116 valence electrons. The zero-order valence-electron chi connectivity index (χ0n) is 11.9. The summed E-state index contributed by atoms with van der Waals surface area (Å²) >= 11 is 0. The number of benzene rings is 1. The number of aromatic nitrogens is 2. The van der Waals surface area contributed by atoms with Gasteiger partial charge in [-0.15, -0.1) is 0 Å². The Kier molecular flexibility index (Phi) is 5.81. The molecule has 0 aliphatic carbocycles. The van der Waals surface area contributed by atoms with Crippen molar-refractivity contribution >= 4 is 11.9 Å². The number of carbonyl (C=O) groups is 1. The number of nitrogens with zero attached hydrogens (tertiary/aromatic N) is 2. The second-order valence-electron chi connectivity index (χ2n) is 4.71. The molecule has 0 bridgehead atoms. The zero-order valence-corrected chi connectivity index (χ0v) is 11.9. The molecule has 1 aromatic heterocycles. The van der Waals surface area contributed by atoms with Crippen LogP contribution in [0, 0.1) is 0 Å². The van der Waals surface area contributed by atoms with E-state index >= 15 is 0 Å². The molecule has 1 heterocycles. The third-order valence-corrected chi connectivity index (χ3v) is 3.03. The molecule has 0 radical (unpaired) electrons. The first-order chi connectivity index (χ1) is 10.7. The Morgan fingerprint density at radius 2 is 1.77 bits per heavy atom. The van der Waals surface area contributed by atoms with Gasteiger partial charge >= 0.3 is 5.97 Å². The van der Waals surface area contributed by atoms with Crippen molar-refractivity contribution in [1.29, 1.82) is 0 Å². The van der Waals surface area contributed by atoms with Gasteiger partial charge in [0.2, 0.25) is 5.95 Å². The number of anilines is 1. The molecule has 4 N–H and O–H groups in total. The fourth-order valence-corrected chi connectivity index (χ4v) is 1.79. The van der Waals surface area contributed by atoms with Crippen LogP contribution in [0.3, 0.4) is 0 Å². The van der Waals surface area contributed by atoms with Crippen LogP contribution in [-0.2, 0) is 17.9 Å². The summed E-state index contributed by atoms with van der Waals surface area (Å²) in [6.07, 6.45) is 3.23. The summed E-state index contributed by atoms with van der Waals surface area (Å²) in [7, 11) is 0. The third kappa shape index (κ3) is 4.80. The molecule has 0 amide bonds. The summed E-state index contributed by atoms with van der Waals surface area (Å²) in [6.45, 7) is 0.438. The van der Waals surface area contributed by atoms with E-state index in [2.05, 4.69) is 20.6 Å². The highest BCUT2D eigenvalue weighted by molar-refractivity contribution is 5.73. The summed E-state index contributed by atoms with van der Waals surface area (Å²) in [5.41, 5.74) is 1.87. The molecular weight excluding hydrogens is 284 g/mol. The fraction of sp³-hybridized carbons (Fsp3) is 0.267. The monoisotopic (exact) mass is 302 g/mol. The Labute approximate surface area is 128 Å². The van der Waals surface area contributed by atoms with Crippen LogP contribution < -0.4 is 10.6 Å².